The summed E-state index contributed by atoms with van der Waals surface area (Å²) in [6, 6.07) is 11.4. The third-order valence-corrected chi connectivity index (χ3v) is 3.73. The van der Waals surface area contributed by atoms with Gasteiger partial charge in [0, 0.05) is 29.7 Å². The lowest BCUT2D eigenvalue weighted by Crippen LogP contribution is -2.43. The van der Waals surface area contributed by atoms with Gasteiger partial charge in [0.05, 0.1) is 19.1 Å². The third kappa shape index (κ3) is 4.56. The van der Waals surface area contributed by atoms with Gasteiger partial charge in [-0.2, -0.15) is 0 Å². The molecule has 0 unspecified atom stereocenters. The number of rotatable bonds is 7. The van der Waals surface area contributed by atoms with E-state index in [1.807, 2.05) is 0 Å². The average Bonchev–Trinajstić information content (AvgIpc) is 2.67. The maximum Gasteiger partial charge on any atom is 0.328 e. The van der Waals surface area contributed by atoms with Crippen molar-refractivity contribution in [1.82, 2.24) is 5.32 Å². The van der Waals surface area contributed by atoms with Gasteiger partial charge in [-0.15, -0.1) is 0 Å². The standard InChI is InChI=1S/C18H18N2O6/c1-25-16-9-8-14(20(23)24)10-13(16)11-15(18(22)26-2)19-17(21)12-6-4-3-5-7-12/h3-10,15H,11H2,1-2H3,(H,19,21)/t15-/m1/s1. The van der Waals surface area contributed by atoms with Crippen LogP contribution in [0.4, 0.5) is 5.69 Å². The van der Waals surface area contributed by atoms with Gasteiger partial charge in [-0.1, -0.05) is 18.2 Å². The van der Waals surface area contributed by atoms with Crippen molar-refractivity contribution in [2.75, 3.05) is 14.2 Å². The molecule has 0 bridgehead atoms. The Morgan fingerprint density at radius 2 is 1.85 bits per heavy atom. The summed E-state index contributed by atoms with van der Waals surface area (Å²) >= 11 is 0. The van der Waals surface area contributed by atoms with Crippen molar-refractivity contribution in [1.29, 1.82) is 0 Å². The van der Waals surface area contributed by atoms with Crippen LogP contribution in [0.15, 0.2) is 48.5 Å². The van der Waals surface area contributed by atoms with Crippen LogP contribution in [-0.4, -0.2) is 37.1 Å². The van der Waals surface area contributed by atoms with E-state index in [2.05, 4.69) is 5.32 Å². The summed E-state index contributed by atoms with van der Waals surface area (Å²) in [4.78, 5) is 34.9. The zero-order valence-corrected chi connectivity index (χ0v) is 14.3. The fourth-order valence-corrected chi connectivity index (χ4v) is 2.42. The zero-order chi connectivity index (χ0) is 19.1. The lowest BCUT2D eigenvalue weighted by Gasteiger charge is -2.18. The SMILES string of the molecule is COC(=O)[C@@H](Cc1cc([N+](=O)[O-])ccc1OC)NC(=O)c1ccccc1. The average molecular weight is 358 g/mol. The predicted molar refractivity (Wildman–Crippen MR) is 93.1 cm³/mol. The molecule has 0 fully saturated rings. The fraction of sp³-hybridized carbons (Fsp3) is 0.222. The summed E-state index contributed by atoms with van der Waals surface area (Å²) in [7, 11) is 2.62. The molecule has 8 heteroatoms. The van der Waals surface area contributed by atoms with Crippen LogP contribution in [0, 0.1) is 10.1 Å². The van der Waals surface area contributed by atoms with Crippen molar-refractivity contribution in [3.63, 3.8) is 0 Å². The second-order valence-electron chi connectivity index (χ2n) is 5.37. The van der Waals surface area contributed by atoms with E-state index in [0.29, 0.717) is 16.9 Å². The van der Waals surface area contributed by atoms with Crippen LogP contribution in [-0.2, 0) is 16.0 Å². The summed E-state index contributed by atoms with van der Waals surface area (Å²) in [5.74, 6) is -0.744. The van der Waals surface area contributed by atoms with Gasteiger partial charge in [-0.05, 0) is 18.2 Å². The van der Waals surface area contributed by atoms with E-state index in [4.69, 9.17) is 9.47 Å². The number of benzene rings is 2. The first-order chi connectivity index (χ1) is 12.5. The monoisotopic (exact) mass is 358 g/mol. The maximum absolute atomic E-state index is 12.3. The number of carbonyl (C=O) groups is 2. The Hall–Kier alpha value is -3.42. The Morgan fingerprint density at radius 3 is 2.42 bits per heavy atom. The second kappa shape index (κ2) is 8.61. The molecule has 0 aromatic heterocycles. The number of hydrogen-bond donors (Lipinski definition) is 1. The summed E-state index contributed by atoms with van der Waals surface area (Å²) in [5.41, 5.74) is 0.650. The summed E-state index contributed by atoms with van der Waals surface area (Å²) in [5, 5.41) is 13.6. The smallest absolute Gasteiger partial charge is 0.328 e. The topological polar surface area (TPSA) is 108 Å². The summed E-state index contributed by atoms with van der Waals surface area (Å²) in [6.07, 6.45) is -0.0178. The first-order valence-corrected chi connectivity index (χ1v) is 7.71. The number of non-ortho nitro benzene ring substituents is 1. The lowest BCUT2D eigenvalue weighted by atomic mass is 10.0. The van der Waals surface area contributed by atoms with Crippen molar-refractivity contribution in [2.45, 2.75) is 12.5 Å². The highest BCUT2D eigenvalue weighted by molar-refractivity contribution is 5.96. The van der Waals surface area contributed by atoms with Crippen molar-refractivity contribution in [3.8, 4) is 5.75 Å². The molecule has 1 N–H and O–H groups in total. The molecule has 2 aromatic rings. The van der Waals surface area contributed by atoms with Crippen LogP contribution in [0.5, 0.6) is 5.75 Å². The number of esters is 1. The molecule has 0 saturated carbocycles. The van der Waals surface area contributed by atoms with Gasteiger partial charge in [0.2, 0.25) is 0 Å². The predicted octanol–water partition coefficient (Wildman–Crippen LogP) is 2.12. The van der Waals surface area contributed by atoms with Crippen LogP contribution in [0.25, 0.3) is 0 Å². The molecule has 1 amide bonds. The minimum Gasteiger partial charge on any atom is -0.496 e. The molecule has 26 heavy (non-hydrogen) atoms. The first kappa shape index (κ1) is 18.9. The number of nitro benzene ring substituents is 1. The van der Waals surface area contributed by atoms with Gasteiger partial charge in [0.25, 0.3) is 11.6 Å². The van der Waals surface area contributed by atoms with Crippen molar-refractivity contribution in [3.05, 3.63) is 69.8 Å². The number of ether oxygens (including phenoxy) is 2. The first-order valence-electron chi connectivity index (χ1n) is 7.71. The molecule has 0 aliphatic heterocycles. The van der Waals surface area contributed by atoms with Crippen LogP contribution in [0.2, 0.25) is 0 Å². The van der Waals surface area contributed by atoms with Gasteiger partial charge in [0.15, 0.2) is 0 Å². The second-order valence-corrected chi connectivity index (χ2v) is 5.37. The lowest BCUT2D eigenvalue weighted by molar-refractivity contribution is -0.384. The van der Waals surface area contributed by atoms with Crippen LogP contribution in [0.3, 0.4) is 0 Å². The quantitative estimate of drug-likeness (QED) is 0.461. The number of methoxy groups -OCH3 is 2. The van der Waals surface area contributed by atoms with E-state index < -0.39 is 22.8 Å². The van der Waals surface area contributed by atoms with Crippen molar-refractivity contribution < 1.29 is 24.0 Å². The Balaban J connectivity index is 2.28. The molecular weight excluding hydrogens is 340 g/mol. The van der Waals surface area contributed by atoms with E-state index in [-0.39, 0.29) is 12.1 Å². The van der Waals surface area contributed by atoms with E-state index in [0.717, 1.165) is 0 Å². The third-order valence-electron chi connectivity index (χ3n) is 3.73. The zero-order valence-electron chi connectivity index (χ0n) is 14.3. The number of nitrogens with zero attached hydrogens (tertiary/aromatic N) is 1. The highest BCUT2D eigenvalue weighted by atomic mass is 16.6. The minimum absolute atomic E-state index is 0.0178. The molecule has 2 aromatic carbocycles. The molecule has 1 atom stereocenters. The molecule has 0 spiro atoms. The summed E-state index contributed by atoms with van der Waals surface area (Å²) < 4.78 is 9.94. The Kier molecular flexibility index (Phi) is 6.26. The fourth-order valence-electron chi connectivity index (χ4n) is 2.42. The van der Waals surface area contributed by atoms with E-state index in [1.165, 1.54) is 32.4 Å². The highest BCUT2D eigenvalue weighted by Crippen LogP contribution is 2.25. The molecule has 8 nitrogen and oxygen atoms in total. The van der Waals surface area contributed by atoms with Crippen LogP contribution >= 0.6 is 0 Å². The summed E-state index contributed by atoms with van der Waals surface area (Å²) in [6.45, 7) is 0. The number of amides is 1. The largest absolute Gasteiger partial charge is 0.496 e. The van der Waals surface area contributed by atoms with E-state index in [9.17, 15) is 19.7 Å². The molecule has 0 radical (unpaired) electrons. The Bertz CT molecular complexity index is 807. The van der Waals surface area contributed by atoms with E-state index >= 15 is 0 Å². The van der Waals surface area contributed by atoms with Gasteiger partial charge < -0.3 is 14.8 Å². The normalized spacial score (nSPS) is 11.3. The molecular formula is C18H18N2O6. The van der Waals surface area contributed by atoms with Gasteiger partial charge >= 0.3 is 5.97 Å². The Labute approximate surface area is 149 Å². The highest BCUT2D eigenvalue weighted by Gasteiger charge is 2.25. The number of hydrogen-bond acceptors (Lipinski definition) is 6. The van der Waals surface area contributed by atoms with E-state index in [1.54, 1.807) is 30.3 Å². The van der Waals surface area contributed by atoms with Crippen LogP contribution in [0.1, 0.15) is 15.9 Å². The van der Waals surface area contributed by atoms with Crippen molar-refractivity contribution >= 4 is 17.6 Å². The minimum atomic E-state index is -1.02. The molecule has 0 aliphatic rings. The van der Waals surface area contributed by atoms with Crippen LogP contribution < -0.4 is 10.1 Å². The molecule has 0 aliphatic carbocycles. The molecule has 2 rings (SSSR count). The number of carbonyl (C=O) groups excluding carboxylic acids is 2. The van der Waals surface area contributed by atoms with Crippen molar-refractivity contribution in [2.24, 2.45) is 0 Å². The Morgan fingerprint density at radius 1 is 1.15 bits per heavy atom. The van der Waals surface area contributed by atoms with Gasteiger partial charge in [0.1, 0.15) is 11.8 Å². The van der Waals surface area contributed by atoms with Gasteiger partial charge in [-0.25, -0.2) is 4.79 Å². The molecule has 136 valence electrons. The molecule has 0 heterocycles. The number of nitro groups is 1. The van der Waals surface area contributed by atoms with Gasteiger partial charge in [-0.3, -0.25) is 14.9 Å². The maximum atomic E-state index is 12.3. The number of nitrogens with one attached hydrogen (secondary N) is 1. The molecule has 0 saturated heterocycles.